The van der Waals surface area contributed by atoms with Crippen molar-refractivity contribution in [2.75, 3.05) is 55.6 Å². The Morgan fingerprint density at radius 2 is 1.66 bits per heavy atom. The number of amides is 1. The number of anilines is 2. The summed E-state index contributed by atoms with van der Waals surface area (Å²) >= 11 is 0. The molecule has 0 unspecified atom stereocenters. The Morgan fingerprint density at radius 1 is 1.00 bits per heavy atom. The molecule has 1 N–H and O–H groups in total. The molecule has 6 nitrogen and oxygen atoms in total. The van der Waals surface area contributed by atoms with E-state index < -0.39 is 0 Å². The number of hydrogen-bond acceptors (Lipinski definition) is 5. The molecule has 154 valence electrons. The zero-order valence-electron chi connectivity index (χ0n) is 17.4. The van der Waals surface area contributed by atoms with Crippen molar-refractivity contribution < 1.29 is 4.79 Å². The number of nitrogens with zero attached hydrogens (tertiary/aromatic N) is 4. The number of carbonyl (C=O) groups excluding carboxylic acids is 1. The van der Waals surface area contributed by atoms with Gasteiger partial charge in [-0.3, -0.25) is 9.69 Å². The van der Waals surface area contributed by atoms with Gasteiger partial charge in [-0.15, -0.1) is 0 Å². The van der Waals surface area contributed by atoms with Crippen LogP contribution in [0.3, 0.4) is 0 Å². The second kappa shape index (κ2) is 10.6. The van der Waals surface area contributed by atoms with Crippen molar-refractivity contribution >= 4 is 23.5 Å². The molecule has 2 aromatic rings. The first-order chi connectivity index (χ1) is 14.2. The molecule has 0 bridgehead atoms. The fourth-order valence-electron chi connectivity index (χ4n) is 3.58. The summed E-state index contributed by atoms with van der Waals surface area (Å²) in [5.41, 5.74) is 6.06. The molecule has 1 amide bonds. The Hall–Kier alpha value is -2.86. The molecule has 2 aromatic carbocycles. The lowest BCUT2D eigenvalue weighted by atomic mass is 10.2. The van der Waals surface area contributed by atoms with Crippen molar-refractivity contribution in [3.05, 3.63) is 60.2 Å². The third-order valence-electron chi connectivity index (χ3n) is 5.29. The molecule has 0 spiro atoms. The van der Waals surface area contributed by atoms with E-state index in [0.29, 0.717) is 6.54 Å². The first-order valence-electron chi connectivity index (χ1n) is 10.4. The summed E-state index contributed by atoms with van der Waals surface area (Å²) in [7, 11) is 0. The Labute approximate surface area is 173 Å². The van der Waals surface area contributed by atoms with Crippen LogP contribution in [0.15, 0.2) is 59.7 Å². The van der Waals surface area contributed by atoms with E-state index in [2.05, 4.69) is 75.5 Å². The Balaban J connectivity index is 1.41. The van der Waals surface area contributed by atoms with Gasteiger partial charge in [0.1, 0.15) is 0 Å². The van der Waals surface area contributed by atoms with E-state index in [9.17, 15) is 4.79 Å². The average Bonchev–Trinajstić information content (AvgIpc) is 2.77. The SMILES string of the molecule is CCN(CC)c1ccc(/C=N/NC(=O)CN2CCN(c3ccccc3)CC2)cc1. The van der Waals surface area contributed by atoms with E-state index in [0.717, 1.165) is 44.8 Å². The van der Waals surface area contributed by atoms with E-state index in [4.69, 9.17) is 0 Å². The zero-order chi connectivity index (χ0) is 20.5. The van der Waals surface area contributed by atoms with Crippen molar-refractivity contribution in [3.8, 4) is 0 Å². The fraction of sp³-hybridized carbons (Fsp3) is 0.391. The van der Waals surface area contributed by atoms with Crippen LogP contribution in [0.1, 0.15) is 19.4 Å². The van der Waals surface area contributed by atoms with Crippen LogP contribution < -0.4 is 15.2 Å². The molecule has 1 saturated heterocycles. The summed E-state index contributed by atoms with van der Waals surface area (Å²) in [6.07, 6.45) is 1.69. The number of benzene rings is 2. The van der Waals surface area contributed by atoms with Crippen LogP contribution in [0, 0.1) is 0 Å². The van der Waals surface area contributed by atoms with Gasteiger partial charge in [-0.05, 0) is 43.7 Å². The minimum atomic E-state index is -0.0748. The summed E-state index contributed by atoms with van der Waals surface area (Å²) in [6, 6.07) is 18.6. The Morgan fingerprint density at radius 3 is 2.28 bits per heavy atom. The second-order valence-corrected chi connectivity index (χ2v) is 7.16. The van der Waals surface area contributed by atoms with Gasteiger partial charge < -0.3 is 9.80 Å². The van der Waals surface area contributed by atoms with Gasteiger partial charge in [-0.1, -0.05) is 30.3 Å². The minimum Gasteiger partial charge on any atom is -0.372 e. The van der Waals surface area contributed by atoms with Gasteiger partial charge >= 0.3 is 0 Å². The quantitative estimate of drug-likeness (QED) is 0.554. The third-order valence-corrected chi connectivity index (χ3v) is 5.29. The largest absolute Gasteiger partial charge is 0.372 e. The molecule has 3 rings (SSSR count). The molecule has 0 aliphatic carbocycles. The summed E-state index contributed by atoms with van der Waals surface area (Å²) in [6.45, 7) is 10.3. The smallest absolute Gasteiger partial charge is 0.254 e. The lowest BCUT2D eigenvalue weighted by Crippen LogP contribution is -2.49. The molecule has 1 heterocycles. The van der Waals surface area contributed by atoms with Gasteiger partial charge in [-0.25, -0.2) is 5.43 Å². The van der Waals surface area contributed by atoms with Crippen molar-refractivity contribution in [3.63, 3.8) is 0 Å². The third kappa shape index (κ3) is 6.06. The van der Waals surface area contributed by atoms with Crippen LogP contribution in [0.25, 0.3) is 0 Å². The Kier molecular flexibility index (Phi) is 7.64. The molecule has 0 atom stereocenters. The van der Waals surface area contributed by atoms with E-state index >= 15 is 0 Å². The van der Waals surface area contributed by atoms with Gasteiger partial charge in [0.25, 0.3) is 5.91 Å². The molecular formula is C23H31N5O. The van der Waals surface area contributed by atoms with Crippen LogP contribution in [-0.2, 0) is 4.79 Å². The van der Waals surface area contributed by atoms with Crippen molar-refractivity contribution in [1.29, 1.82) is 0 Å². The van der Waals surface area contributed by atoms with Crippen LogP contribution >= 0.6 is 0 Å². The minimum absolute atomic E-state index is 0.0748. The first kappa shape index (κ1) is 20.9. The van der Waals surface area contributed by atoms with E-state index in [1.807, 2.05) is 18.2 Å². The molecule has 1 aliphatic rings. The highest BCUT2D eigenvalue weighted by molar-refractivity contribution is 5.83. The maximum atomic E-state index is 12.2. The van der Waals surface area contributed by atoms with Gasteiger partial charge in [0.2, 0.25) is 0 Å². The predicted octanol–water partition coefficient (Wildman–Crippen LogP) is 2.81. The molecule has 0 aromatic heterocycles. The molecule has 0 saturated carbocycles. The Bertz CT molecular complexity index is 779. The van der Waals surface area contributed by atoms with E-state index in [1.54, 1.807) is 6.21 Å². The predicted molar refractivity (Wildman–Crippen MR) is 121 cm³/mol. The standard InChI is InChI=1S/C23H31N5O/c1-3-27(4-2)22-12-10-20(11-13-22)18-24-25-23(29)19-26-14-16-28(17-15-26)21-8-6-5-7-9-21/h5-13,18H,3-4,14-17,19H2,1-2H3,(H,25,29)/b24-18+. The van der Waals surface area contributed by atoms with E-state index in [-0.39, 0.29) is 5.91 Å². The van der Waals surface area contributed by atoms with Crippen LogP contribution in [0.5, 0.6) is 0 Å². The number of para-hydroxylation sites is 1. The molecule has 1 aliphatic heterocycles. The van der Waals surface area contributed by atoms with Crippen LogP contribution in [-0.4, -0.2) is 62.8 Å². The highest BCUT2D eigenvalue weighted by Crippen LogP contribution is 2.15. The van der Waals surface area contributed by atoms with Gasteiger partial charge in [0.05, 0.1) is 12.8 Å². The average molecular weight is 394 g/mol. The highest BCUT2D eigenvalue weighted by Gasteiger charge is 2.18. The maximum Gasteiger partial charge on any atom is 0.254 e. The summed E-state index contributed by atoms with van der Waals surface area (Å²) in [5.74, 6) is -0.0748. The van der Waals surface area contributed by atoms with Crippen LogP contribution in [0.4, 0.5) is 11.4 Å². The van der Waals surface area contributed by atoms with Gasteiger partial charge in [0.15, 0.2) is 0 Å². The number of nitrogens with one attached hydrogen (secondary N) is 1. The highest BCUT2D eigenvalue weighted by atomic mass is 16.2. The number of piperazine rings is 1. The topological polar surface area (TPSA) is 51.2 Å². The molecular weight excluding hydrogens is 362 g/mol. The van der Waals surface area contributed by atoms with Crippen molar-refractivity contribution in [1.82, 2.24) is 10.3 Å². The summed E-state index contributed by atoms with van der Waals surface area (Å²) in [4.78, 5) is 19.0. The lowest BCUT2D eigenvalue weighted by Gasteiger charge is -2.35. The summed E-state index contributed by atoms with van der Waals surface area (Å²) < 4.78 is 0. The van der Waals surface area contributed by atoms with Crippen molar-refractivity contribution in [2.24, 2.45) is 5.10 Å². The maximum absolute atomic E-state index is 12.2. The van der Waals surface area contributed by atoms with Crippen LogP contribution in [0.2, 0.25) is 0 Å². The lowest BCUT2D eigenvalue weighted by molar-refractivity contribution is -0.122. The number of rotatable bonds is 8. The number of carbonyl (C=O) groups is 1. The van der Waals surface area contributed by atoms with Crippen molar-refractivity contribution in [2.45, 2.75) is 13.8 Å². The number of hydrogen-bond donors (Lipinski definition) is 1. The molecule has 29 heavy (non-hydrogen) atoms. The molecule has 1 fully saturated rings. The van der Waals surface area contributed by atoms with Gasteiger partial charge in [-0.2, -0.15) is 5.10 Å². The normalized spacial score (nSPS) is 14.9. The monoisotopic (exact) mass is 393 g/mol. The molecule has 6 heteroatoms. The van der Waals surface area contributed by atoms with Gasteiger partial charge in [0, 0.05) is 50.6 Å². The molecule has 0 radical (unpaired) electrons. The number of hydrazone groups is 1. The van der Waals surface area contributed by atoms with E-state index in [1.165, 1.54) is 11.4 Å². The summed E-state index contributed by atoms with van der Waals surface area (Å²) in [5, 5.41) is 4.11. The fourth-order valence-corrected chi connectivity index (χ4v) is 3.58. The zero-order valence-corrected chi connectivity index (χ0v) is 17.4. The second-order valence-electron chi connectivity index (χ2n) is 7.16. The first-order valence-corrected chi connectivity index (χ1v) is 10.4.